The predicted octanol–water partition coefficient (Wildman–Crippen LogP) is 3.21. The zero-order valence-electron chi connectivity index (χ0n) is 9.27. The monoisotopic (exact) mass is 280 g/mol. The zero-order chi connectivity index (χ0) is 11.5. The highest BCUT2D eigenvalue weighted by Crippen LogP contribution is 2.26. The molecule has 1 heterocycles. The lowest BCUT2D eigenvalue weighted by atomic mass is 10.3. The fraction of sp³-hybridized carbons (Fsp3) is 0.250. The molecule has 2 aromatic rings. The summed E-state index contributed by atoms with van der Waals surface area (Å²) in [5, 5.41) is 0. The van der Waals surface area contributed by atoms with E-state index in [0.717, 1.165) is 28.2 Å². The third-order valence-corrected chi connectivity index (χ3v) is 3.08. The minimum atomic E-state index is 0.841. The second-order valence-corrected chi connectivity index (χ2v) is 4.24. The molecule has 0 aliphatic heterocycles. The van der Waals surface area contributed by atoms with Gasteiger partial charge in [0.15, 0.2) is 0 Å². The van der Waals surface area contributed by atoms with Crippen LogP contribution in [0.4, 0.5) is 0 Å². The Morgan fingerprint density at radius 1 is 1.44 bits per heavy atom. The van der Waals surface area contributed by atoms with Gasteiger partial charge in [0.05, 0.1) is 12.8 Å². The van der Waals surface area contributed by atoms with Crippen molar-refractivity contribution in [3.63, 3.8) is 0 Å². The number of nitrogens with zero attached hydrogens (tertiary/aromatic N) is 2. The van der Waals surface area contributed by atoms with Gasteiger partial charge in [-0.25, -0.2) is 4.98 Å². The highest BCUT2D eigenvalue weighted by Gasteiger charge is 2.07. The molecule has 0 saturated heterocycles. The summed E-state index contributed by atoms with van der Waals surface area (Å²) in [4.78, 5) is 4.31. The molecule has 0 fully saturated rings. The van der Waals surface area contributed by atoms with E-state index in [1.54, 1.807) is 7.11 Å². The van der Waals surface area contributed by atoms with Crippen LogP contribution < -0.4 is 4.74 Å². The number of aryl methyl sites for hydroxylation is 1. The van der Waals surface area contributed by atoms with E-state index in [-0.39, 0.29) is 0 Å². The van der Waals surface area contributed by atoms with E-state index in [4.69, 9.17) is 4.74 Å². The minimum absolute atomic E-state index is 0.841. The fourth-order valence-corrected chi connectivity index (χ4v) is 2.17. The van der Waals surface area contributed by atoms with Gasteiger partial charge in [0.25, 0.3) is 0 Å². The van der Waals surface area contributed by atoms with E-state index in [9.17, 15) is 0 Å². The summed E-state index contributed by atoms with van der Waals surface area (Å²) in [6.07, 6.45) is 4.69. The number of rotatable bonds is 3. The van der Waals surface area contributed by atoms with Crippen LogP contribution in [-0.2, 0) is 6.42 Å². The van der Waals surface area contributed by atoms with Crippen LogP contribution in [0.15, 0.2) is 35.1 Å². The van der Waals surface area contributed by atoms with Crippen molar-refractivity contribution in [2.75, 3.05) is 7.11 Å². The van der Waals surface area contributed by atoms with Crippen molar-refractivity contribution in [2.24, 2.45) is 0 Å². The minimum Gasteiger partial charge on any atom is -0.497 e. The number of halogens is 1. The van der Waals surface area contributed by atoms with Crippen molar-refractivity contribution in [3.05, 3.63) is 40.9 Å². The summed E-state index contributed by atoms with van der Waals surface area (Å²) < 4.78 is 8.24. The van der Waals surface area contributed by atoms with Crippen LogP contribution in [0.1, 0.15) is 12.7 Å². The van der Waals surface area contributed by atoms with Crippen molar-refractivity contribution >= 4 is 15.9 Å². The van der Waals surface area contributed by atoms with E-state index in [2.05, 4.69) is 32.4 Å². The van der Waals surface area contributed by atoms with E-state index >= 15 is 0 Å². The van der Waals surface area contributed by atoms with Crippen LogP contribution in [0.5, 0.6) is 5.75 Å². The first-order valence-electron chi connectivity index (χ1n) is 5.12. The molecule has 0 saturated carbocycles. The molecule has 16 heavy (non-hydrogen) atoms. The Kier molecular flexibility index (Phi) is 3.29. The standard InChI is InChI=1S/C12H13BrN2O/c1-3-12-14-6-7-15(12)11-5-4-9(16-2)8-10(11)13/h4-8H,3H2,1-2H3. The summed E-state index contributed by atoms with van der Waals surface area (Å²) in [6.45, 7) is 2.09. The van der Waals surface area contributed by atoms with Crippen LogP contribution in [0.3, 0.4) is 0 Å². The topological polar surface area (TPSA) is 27.1 Å². The molecular weight excluding hydrogens is 268 g/mol. The summed E-state index contributed by atoms with van der Waals surface area (Å²) in [5.41, 5.74) is 1.08. The number of aromatic nitrogens is 2. The number of methoxy groups -OCH3 is 1. The molecule has 84 valence electrons. The van der Waals surface area contributed by atoms with Gasteiger partial charge in [0.1, 0.15) is 11.6 Å². The second kappa shape index (κ2) is 4.70. The highest BCUT2D eigenvalue weighted by atomic mass is 79.9. The number of ether oxygens (including phenoxy) is 1. The van der Waals surface area contributed by atoms with Gasteiger partial charge in [-0.05, 0) is 34.1 Å². The van der Waals surface area contributed by atoms with Crippen molar-refractivity contribution in [1.29, 1.82) is 0 Å². The normalized spacial score (nSPS) is 10.4. The van der Waals surface area contributed by atoms with Crippen LogP contribution >= 0.6 is 15.9 Å². The molecule has 0 amide bonds. The largest absolute Gasteiger partial charge is 0.497 e. The maximum absolute atomic E-state index is 5.17. The summed E-state index contributed by atoms with van der Waals surface area (Å²) in [7, 11) is 1.66. The number of benzene rings is 1. The summed E-state index contributed by atoms with van der Waals surface area (Å²) in [5.74, 6) is 1.89. The van der Waals surface area contributed by atoms with Gasteiger partial charge in [-0.2, -0.15) is 0 Å². The van der Waals surface area contributed by atoms with Crippen LogP contribution in [-0.4, -0.2) is 16.7 Å². The summed E-state index contributed by atoms with van der Waals surface area (Å²) in [6, 6.07) is 5.91. The molecule has 3 nitrogen and oxygen atoms in total. The maximum Gasteiger partial charge on any atom is 0.120 e. The molecule has 0 aliphatic carbocycles. The molecule has 0 spiro atoms. The van der Waals surface area contributed by atoms with Gasteiger partial charge in [0, 0.05) is 23.3 Å². The molecule has 1 aromatic heterocycles. The van der Waals surface area contributed by atoms with Crippen molar-refractivity contribution in [3.8, 4) is 11.4 Å². The van der Waals surface area contributed by atoms with Gasteiger partial charge in [-0.1, -0.05) is 6.92 Å². The molecule has 1 aromatic carbocycles. The van der Waals surface area contributed by atoms with E-state index in [1.807, 2.05) is 30.6 Å². The first-order chi connectivity index (χ1) is 7.76. The first kappa shape index (κ1) is 11.2. The molecule has 0 atom stereocenters. The second-order valence-electron chi connectivity index (χ2n) is 3.38. The van der Waals surface area contributed by atoms with Crippen molar-refractivity contribution in [2.45, 2.75) is 13.3 Å². The Bertz CT molecular complexity index is 494. The summed E-state index contributed by atoms with van der Waals surface area (Å²) >= 11 is 3.54. The molecule has 0 bridgehead atoms. The SMILES string of the molecule is CCc1nccn1-c1ccc(OC)cc1Br. The molecule has 0 radical (unpaired) electrons. The predicted molar refractivity (Wildman–Crippen MR) is 67.2 cm³/mol. The Balaban J connectivity index is 2.48. The van der Waals surface area contributed by atoms with E-state index in [1.165, 1.54) is 0 Å². The number of hydrogen-bond acceptors (Lipinski definition) is 2. The van der Waals surface area contributed by atoms with Crippen LogP contribution in [0.2, 0.25) is 0 Å². The lowest BCUT2D eigenvalue weighted by molar-refractivity contribution is 0.414. The molecular formula is C12H13BrN2O. The van der Waals surface area contributed by atoms with Crippen molar-refractivity contribution in [1.82, 2.24) is 9.55 Å². The van der Waals surface area contributed by atoms with Crippen LogP contribution in [0.25, 0.3) is 5.69 Å². The fourth-order valence-electron chi connectivity index (χ4n) is 1.63. The third-order valence-electron chi connectivity index (χ3n) is 2.45. The van der Waals surface area contributed by atoms with E-state index in [0.29, 0.717) is 0 Å². The Labute approximate surface area is 103 Å². The van der Waals surface area contributed by atoms with Crippen LogP contribution in [0, 0.1) is 0 Å². The lowest BCUT2D eigenvalue weighted by Gasteiger charge is -2.10. The first-order valence-corrected chi connectivity index (χ1v) is 5.91. The Morgan fingerprint density at radius 3 is 2.88 bits per heavy atom. The Hall–Kier alpha value is -1.29. The van der Waals surface area contributed by atoms with Gasteiger partial charge in [-0.15, -0.1) is 0 Å². The molecule has 2 rings (SSSR count). The lowest BCUT2D eigenvalue weighted by Crippen LogP contribution is -2.00. The smallest absolute Gasteiger partial charge is 0.120 e. The Morgan fingerprint density at radius 2 is 2.25 bits per heavy atom. The highest BCUT2D eigenvalue weighted by molar-refractivity contribution is 9.10. The van der Waals surface area contributed by atoms with E-state index < -0.39 is 0 Å². The maximum atomic E-state index is 5.17. The molecule has 0 aliphatic rings. The average Bonchev–Trinajstić information content (AvgIpc) is 2.76. The molecule has 0 unspecified atom stereocenters. The number of hydrogen-bond donors (Lipinski definition) is 0. The third kappa shape index (κ3) is 1.97. The van der Waals surface area contributed by atoms with Gasteiger partial charge in [-0.3, -0.25) is 0 Å². The average molecular weight is 281 g/mol. The quantitative estimate of drug-likeness (QED) is 0.863. The van der Waals surface area contributed by atoms with Crippen molar-refractivity contribution < 1.29 is 4.74 Å². The van der Waals surface area contributed by atoms with Gasteiger partial charge in [0.2, 0.25) is 0 Å². The van der Waals surface area contributed by atoms with Gasteiger partial charge < -0.3 is 9.30 Å². The molecule has 4 heteroatoms. The zero-order valence-corrected chi connectivity index (χ0v) is 10.9. The number of imidazole rings is 1. The van der Waals surface area contributed by atoms with Gasteiger partial charge >= 0.3 is 0 Å². The molecule has 0 N–H and O–H groups in total.